The number of aryl methyl sites for hydroxylation is 1. The smallest absolute Gasteiger partial charge is 0.198 e. The number of nitrogens with two attached hydrogens (primary N) is 1. The van der Waals surface area contributed by atoms with Gasteiger partial charge in [-0.05, 0) is 12.0 Å². The molecule has 1 aromatic carbocycles. The Morgan fingerprint density at radius 3 is 2.50 bits per heavy atom. The van der Waals surface area contributed by atoms with Crippen LogP contribution < -0.4 is 5.64 Å². The van der Waals surface area contributed by atoms with Crippen molar-refractivity contribution in [3.8, 4) is 0 Å². The maximum atomic E-state index is 5.38. The summed E-state index contributed by atoms with van der Waals surface area (Å²) in [6.07, 6.45) is 2.20. The van der Waals surface area contributed by atoms with Gasteiger partial charge in [0.15, 0.2) is 7.41 Å². The third-order valence-electron chi connectivity index (χ3n) is 1.51. The Morgan fingerprint density at radius 2 is 1.90 bits per heavy atom. The zero-order valence-corrected chi connectivity index (χ0v) is 6.09. The summed E-state index contributed by atoms with van der Waals surface area (Å²) in [6, 6.07) is 10.4. The number of hydrogen-bond donors (Lipinski definition) is 1. The van der Waals surface area contributed by atoms with Crippen LogP contribution in [0.3, 0.4) is 0 Å². The Kier molecular flexibility index (Phi) is 3.03. The number of rotatable bonds is 3. The summed E-state index contributed by atoms with van der Waals surface area (Å²) in [4.78, 5) is 0. The molecule has 0 aromatic heterocycles. The molecule has 1 rings (SSSR count). The lowest BCUT2D eigenvalue weighted by Gasteiger charge is -1.95. The van der Waals surface area contributed by atoms with Gasteiger partial charge in [-0.1, -0.05) is 36.7 Å². The minimum Gasteiger partial charge on any atom is -0.373 e. The maximum Gasteiger partial charge on any atom is 0.198 e. The molecule has 52 valence electrons. The summed E-state index contributed by atoms with van der Waals surface area (Å²) in [5, 5.41) is 0. The third kappa shape index (κ3) is 2.23. The van der Waals surface area contributed by atoms with Crippen molar-refractivity contribution in [3.63, 3.8) is 0 Å². The van der Waals surface area contributed by atoms with Crippen LogP contribution in [0.2, 0.25) is 6.32 Å². The van der Waals surface area contributed by atoms with Crippen LogP contribution in [0.1, 0.15) is 5.56 Å². The number of benzene rings is 1. The summed E-state index contributed by atoms with van der Waals surface area (Å²) in [5.41, 5.74) is 6.76. The predicted molar refractivity (Wildman–Crippen MR) is 46.3 cm³/mol. The van der Waals surface area contributed by atoms with E-state index in [0.29, 0.717) is 0 Å². The van der Waals surface area contributed by atoms with E-state index >= 15 is 0 Å². The quantitative estimate of drug-likeness (QED) is 0.610. The lowest BCUT2D eigenvalue weighted by atomic mass is 9.87. The van der Waals surface area contributed by atoms with E-state index in [4.69, 9.17) is 5.64 Å². The van der Waals surface area contributed by atoms with Gasteiger partial charge in [-0.15, -0.1) is 0 Å². The van der Waals surface area contributed by atoms with Gasteiger partial charge in [-0.2, -0.15) is 0 Å². The van der Waals surface area contributed by atoms with Gasteiger partial charge in [0.1, 0.15) is 0 Å². The van der Waals surface area contributed by atoms with Gasteiger partial charge in [0.2, 0.25) is 0 Å². The van der Waals surface area contributed by atoms with Crippen LogP contribution in [0.25, 0.3) is 0 Å². The summed E-state index contributed by atoms with van der Waals surface area (Å²) in [5.74, 6) is 0. The van der Waals surface area contributed by atoms with E-state index in [0.717, 1.165) is 20.2 Å². The fourth-order valence-electron chi connectivity index (χ4n) is 0.951. The monoisotopic (exact) mass is 133 g/mol. The molecule has 0 spiro atoms. The van der Waals surface area contributed by atoms with E-state index in [1.165, 1.54) is 5.56 Å². The van der Waals surface area contributed by atoms with E-state index < -0.39 is 0 Å². The van der Waals surface area contributed by atoms with Crippen molar-refractivity contribution in [1.29, 1.82) is 0 Å². The van der Waals surface area contributed by atoms with Crippen LogP contribution in [0.5, 0.6) is 0 Å². The SMILES string of the molecule is NBCCc1ccccc1. The van der Waals surface area contributed by atoms with Crippen molar-refractivity contribution in [2.45, 2.75) is 12.7 Å². The molecule has 0 aliphatic rings. The highest BCUT2D eigenvalue weighted by Crippen LogP contribution is 2.00. The third-order valence-corrected chi connectivity index (χ3v) is 1.51. The first kappa shape index (κ1) is 7.35. The largest absolute Gasteiger partial charge is 0.373 e. The molecule has 0 saturated carbocycles. The number of hydrogen-bond acceptors (Lipinski definition) is 1. The first-order chi connectivity index (χ1) is 4.93. The van der Waals surface area contributed by atoms with E-state index in [1.54, 1.807) is 0 Å². The molecule has 0 fully saturated rings. The molecule has 1 aromatic rings. The van der Waals surface area contributed by atoms with Crippen molar-refractivity contribution in [1.82, 2.24) is 0 Å². The van der Waals surface area contributed by atoms with Crippen molar-refractivity contribution in [2.24, 2.45) is 5.64 Å². The molecule has 0 radical (unpaired) electrons. The fraction of sp³-hybridized carbons (Fsp3) is 0.250. The van der Waals surface area contributed by atoms with Gasteiger partial charge in [0.25, 0.3) is 0 Å². The molecule has 1 nitrogen and oxygen atoms in total. The Bertz CT molecular complexity index is 174. The Hall–Kier alpha value is -0.755. The van der Waals surface area contributed by atoms with E-state index in [2.05, 4.69) is 24.3 Å². The zero-order valence-electron chi connectivity index (χ0n) is 6.09. The van der Waals surface area contributed by atoms with E-state index in [1.807, 2.05) is 6.07 Å². The predicted octanol–water partition coefficient (Wildman–Crippen LogP) is 0.958. The minimum absolute atomic E-state index is 0.787. The fourth-order valence-corrected chi connectivity index (χ4v) is 0.951. The van der Waals surface area contributed by atoms with Gasteiger partial charge >= 0.3 is 0 Å². The first-order valence-corrected chi connectivity index (χ1v) is 3.67. The molecule has 0 saturated heterocycles. The topological polar surface area (TPSA) is 26.0 Å². The second-order valence-corrected chi connectivity index (χ2v) is 2.38. The normalized spacial score (nSPS) is 9.30. The summed E-state index contributed by atoms with van der Waals surface area (Å²) in [7, 11) is 0.787. The highest BCUT2D eigenvalue weighted by molar-refractivity contribution is 6.30. The molecule has 0 unspecified atom stereocenters. The molecule has 10 heavy (non-hydrogen) atoms. The molecule has 2 N–H and O–H groups in total. The second kappa shape index (κ2) is 4.12. The van der Waals surface area contributed by atoms with Crippen LogP contribution in [0.4, 0.5) is 0 Å². The van der Waals surface area contributed by atoms with Gasteiger partial charge in [-0.3, -0.25) is 0 Å². The molecular weight excluding hydrogens is 121 g/mol. The van der Waals surface area contributed by atoms with Crippen molar-refractivity contribution in [3.05, 3.63) is 35.9 Å². The Balaban J connectivity index is 2.43. The summed E-state index contributed by atoms with van der Waals surface area (Å²) < 4.78 is 0. The van der Waals surface area contributed by atoms with Gasteiger partial charge < -0.3 is 5.64 Å². The summed E-state index contributed by atoms with van der Waals surface area (Å²) in [6.45, 7) is 0. The molecule has 0 bridgehead atoms. The maximum absolute atomic E-state index is 5.38. The lowest BCUT2D eigenvalue weighted by Crippen LogP contribution is -2.04. The average molecular weight is 133 g/mol. The average Bonchev–Trinajstić information content (AvgIpc) is 2.03. The van der Waals surface area contributed by atoms with Gasteiger partial charge in [-0.25, -0.2) is 0 Å². The molecule has 0 atom stereocenters. The van der Waals surface area contributed by atoms with Gasteiger partial charge in [0, 0.05) is 0 Å². The minimum atomic E-state index is 0.787. The lowest BCUT2D eigenvalue weighted by molar-refractivity contribution is 1.12. The molecular formula is C8H12BN. The van der Waals surface area contributed by atoms with Crippen molar-refractivity contribution in [2.75, 3.05) is 0 Å². The molecule has 2 heteroatoms. The van der Waals surface area contributed by atoms with Crippen LogP contribution >= 0.6 is 0 Å². The zero-order chi connectivity index (χ0) is 7.23. The van der Waals surface area contributed by atoms with Crippen molar-refractivity contribution >= 4 is 7.41 Å². The summed E-state index contributed by atoms with van der Waals surface area (Å²) >= 11 is 0. The van der Waals surface area contributed by atoms with Crippen LogP contribution in [0.15, 0.2) is 30.3 Å². The molecule has 0 heterocycles. The molecule has 0 amide bonds. The van der Waals surface area contributed by atoms with Crippen molar-refractivity contribution < 1.29 is 0 Å². The Labute approximate surface area is 62.5 Å². The highest BCUT2D eigenvalue weighted by Gasteiger charge is 1.88. The van der Waals surface area contributed by atoms with Crippen LogP contribution in [0, 0.1) is 0 Å². The Morgan fingerprint density at radius 1 is 1.20 bits per heavy atom. The highest BCUT2D eigenvalue weighted by atomic mass is 14.3. The van der Waals surface area contributed by atoms with Gasteiger partial charge in [0.05, 0.1) is 0 Å². The van der Waals surface area contributed by atoms with E-state index in [9.17, 15) is 0 Å². The van der Waals surface area contributed by atoms with Crippen LogP contribution in [-0.4, -0.2) is 7.41 Å². The standard InChI is InChI=1S/C8H12BN/c10-9-7-6-8-4-2-1-3-5-8/h1-5,9H,6-7,10H2. The first-order valence-electron chi connectivity index (χ1n) is 3.67. The molecule has 0 aliphatic heterocycles. The second-order valence-electron chi connectivity index (χ2n) is 2.38. The molecule has 0 aliphatic carbocycles. The van der Waals surface area contributed by atoms with E-state index in [-0.39, 0.29) is 0 Å². The van der Waals surface area contributed by atoms with Crippen LogP contribution in [-0.2, 0) is 6.42 Å².